The number of hydrogen-bond donors (Lipinski definition) is 5. The van der Waals surface area contributed by atoms with Crippen molar-refractivity contribution in [2.45, 2.75) is 31.0 Å². The van der Waals surface area contributed by atoms with E-state index in [-0.39, 0.29) is 13.2 Å². The van der Waals surface area contributed by atoms with Crippen LogP contribution >= 0.6 is 0 Å². The number of aromatic nitrogens is 4. The Morgan fingerprint density at radius 2 is 2.12 bits per heavy atom. The summed E-state index contributed by atoms with van der Waals surface area (Å²) in [5, 5.41) is 40.2. The minimum atomic E-state index is -1.65. The second kappa shape index (κ2) is 6.20. The lowest BCUT2D eigenvalue weighted by atomic mass is 9.96. The molecule has 2 aromatic heterocycles. The van der Waals surface area contributed by atoms with E-state index in [2.05, 4.69) is 15.0 Å². The van der Waals surface area contributed by atoms with Crippen LogP contribution in [0.5, 0.6) is 0 Å². The zero-order chi connectivity index (χ0) is 17.5. The van der Waals surface area contributed by atoms with Crippen LogP contribution in [-0.2, 0) is 4.74 Å². The number of nitrogens with zero attached hydrogens (tertiary/aromatic N) is 5. The lowest BCUT2D eigenvalue weighted by Crippen LogP contribution is -2.44. The number of rotatable bonds is 5. The van der Waals surface area contributed by atoms with E-state index >= 15 is 0 Å². The van der Waals surface area contributed by atoms with Gasteiger partial charge in [0, 0.05) is 0 Å². The van der Waals surface area contributed by atoms with E-state index < -0.39 is 30.6 Å². The van der Waals surface area contributed by atoms with Crippen LogP contribution in [0, 0.1) is 0 Å². The molecule has 3 rings (SSSR count). The molecular formula is C13H20N6O5. The molecule has 0 aliphatic carbocycles. The first-order chi connectivity index (χ1) is 11.4. The number of anilines is 1. The highest BCUT2D eigenvalue weighted by Gasteiger charge is 2.53. The lowest BCUT2D eigenvalue weighted by molar-refractivity contribution is -0.0950. The number of ether oxygens (including phenoxy) is 1. The average Bonchev–Trinajstić information content (AvgIpc) is 3.07. The monoisotopic (exact) mass is 340 g/mol. The number of hydrazine groups is 1. The van der Waals surface area contributed by atoms with Gasteiger partial charge < -0.3 is 25.2 Å². The molecule has 4 atom stereocenters. The predicted molar refractivity (Wildman–Crippen MR) is 81.6 cm³/mol. The van der Waals surface area contributed by atoms with Gasteiger partial charge in [0.25, 0.3) is 0 Å². The smallest absolute Gasteiger partial charge is 0.174 e. The van der Waals surface area contributed by atoms with E-state index in [9.17, 15) is 15.3 Å². The topological polar surface area (TPSA) is 163 Å². The molecule has 0 unspecified atom stereocenters. The van der Waals surface area contributed by atoms with Crippen molar-refractivity contribution in [3.63, 3.8) is 0 Å². The van der Waals surface area contributed by atoms with Gasteiger partial charge in [0.05, 0.1) is 26.1 Å². The van der Waals surface area contributed by atoms with Crippen molar-refractivity contribution < 1.29 is 25.2 Å². The second-order valence-electron chi connectivity index (χ2n) is 5.82. The summed E-state index contributed by atoms with van der Waals surface area (Å²) in [6.07, 6.45) is -0.532. The van der Waals surface area contributed by atoms with Gasteiger partial charge in [-0.3, -0.25) is 9.58 Å². The Kier molecular flexibility index (Phi) is 4.38. The van der Waals surface area contributed by atoms with Crippen molar-refractivity contribution in [3.05, 3.63) is 12.7 Å². The summed E-state index contributed by atoms with van der Waals surface area (Å²) in [7, 11) is 0. The number of aliphatic hydroxyl groups is 4. The molecule has 1 fully saturated rings. The van der Waals surface area contributed by atoms with Crippen LogP contribution in [0.15, 0.2) is 12.7 Å². The summed E-state index contributed by atoms with van der Waals surface area (Å²) in [6, 6.07) is 0. The Labute approximate surface area is 136 Å². The normalized spacial score (nSPS) is 30.2. The third-order valence-corrected chi connectivity index (χ3v) is 4.14. The molecule has 0 saturated carbocycles. The highest BCUT2D eigenvalue weighted by atomic mass is 16.6. The predicted octanol–water partition coefficient (Wildman–Crippen LogP) is -2.50. The van der Waals surface area contributed by atoms with Crippen molar-refractivity contribution in [2.24, 2.45) is 5.84 Å². The maximum atomic E-state index is 10.6. The van der Waals surface area contributed by atoms with Crippen LogP contribution in [0.3, 0.4) is 0 Å². The fourth-order valence-electron chi connectivity index (χ4n) is 2.83. The van der Waals surface area contributed by atoms with Crippen molar-refractivity contribution in [2.75, 3.05) is 24.8 Å². The average molecular weight is 340 g/mol. The molecule has 1 aliphatic rings. The first-order valence-electron chi connectivity index (χ1n) is 7.39. The lowest BCUT2D eigenvalue weighted by Gasteiger charge is -2.27. The molecule has 132 valence electrons. The van der Waals surface area contributed by atoms with Crippen LogP contribution in [0.25, 0.3) is 11.2 Å². The van der Waals surface area contributed by atoms with Crippen LogP contribution in [0.2, 0.25) is 0 Å². The molecule has 6 N–H and O–H groups in total. The minimum Gasteiger partial charge on any atom is -0.394 e. The van der Waals surface area contributed by atoms with Gasteiger partial charge in [-0.25, -0.2) is 20.8 Å². The molecule has 1 aliphatic heterocycles. The van der Waals surface area contributed by atoms with Crippen molar-refractivity contribution >= 4 is 17.0 Å². The molecule has 2 aromatic rings. The molecule has 24 heavy (non-hydrogen) atoms. The third kappa shape index (κ3) is 2.51. The molecule has 0 radical (unpaired) electrons. The van der Waals surface area contributed by atoms with Gasteiger partial charge >= 0.3 is 0 Å². The Morgan fingerprint density at radius 1 is 1.38 bits per heavy atom. The molecule has 0 amide bonds. The van der Waals surface area contributed by atoms with Crippen molar-refractivity contribution in [3.8, 4) is 0 Å². The van der Waals surface area contributed by atoms with Gasteiger partial charge in [0.2, 0.25) is 0 Å². The van der Waals surface area contributed by atoms with E-state index in [0.29, 0.717) is 17.0 Å². The Balaban J connectivity index is 2.04. The summed E-state index contributed by atoms with van der Waals surface area (Å²) in [4.78, 5) is 12.4. The molecule has 0 bridgehead atoms. The second-order valence-corrected chi connectivity index (χ2v) is 5.82. The standard InChI is InChI=1S/C13H20N6O5/c1-13(23)9(22)7(4-21)24-12(13)18-6-17-8-10(18)15-5-16-11(8)19(14)2-3-20/h5-7,9,12,20-23H,2-4,14H2,1H3/t7-,9-,12-,13-/m1/s1. The summed E-state index contributed by atoms with van der Waals surface area (Å²) in [6.45, 7) is 0.968. The van der Waals surface area contributed by atoms with Gasteiger partial charge in [-0.2, -0.15) is 0 Å². The summed E-state index contributed by atoms with van der Waals surface area (Å²) in [5.41, 5.74) is -0.959. The molecule has 11 nitrogen and oxygen atoms in total. The Bertz CT molecular complexity index is 722. The van der Waals surface area contributed by atoms with Gasteiger partial charge in [-0.15, -0.1) is 0 Å². The van der Waals surface area contributed by atoms with E-state index in [1.165, 1.54) is 29.2 Å². The van der Waals surface area contributed by atoms with E-state index in [4.69, 9.17) is 15.7 Å². The fraction of sp³-hybridized carbons (Fsp3) is 0.615. The molecule has 0 spiro atoms. The number of fused-ring (bicyclic) bond motifs is 1. The number of aliphatic hydroxyl groups excluding tert-OH is 3. The Hall–Kier alpha value is -1.89. The zero-order valence-corrected chi connectivity index (χ0v) is 13.0. The highest BCUT2D eigenvalue weighted by Crippen LogP contribution is 2.39. The number of hydrogen-bond acceptors (Lipinski definition) is 10. The Morgan fingerprint density at radius 3 is 2.75 bits per heavy atom. The zero-order valence-electron chi connectivity index (χ0n) is 13.0. The first kappa shape index (κ1) is 17.0. The van der Waals surface area contributed by atoms with E-state index in [1.54, 1.807) is 0 Å². The fourth-order valence-corrected chi connectivity index (χ4v) is 2.83. The molecule has 0 aromatic carbocycles. The van der Waals surface area contributed by atoms with Crippen LogP contribution in [-0.4, -0.2) is 77.5 Å². The summed E-state index contributed by atoms with van der Waals surface area (Å²) < 4.78 is 7.02. The van der Waals surface area contributed by atoms with E-state index in [0.717, 1.165) is 0 Å². The largest absolute Gasteiger partial charge is 0.394 e. The van der Waals surface area contributed by atoms with Crippen LogP contribution < -0.4 is 10.9 Å². The van der Waals surface area contributed by atoms with Gasteiger partial charge in [0.1, 0.15) is 24.1 Å². The molecule has 1 saturated heterocycles. The van der Waals surface area contributed by atoms with Crippen LogP contribution in [0.1, 0.15) is 13.2 Å². The number of nitrogens with two attached hydrogens (primary N) is 1. The SMILES string of the molecule is C[C@@]1(O)[C@H](O)[C@@H](CO)O[C@H]1n1cnc2c(N(N)CCO)ncnc21. The van der Waals surface area contributed by atoms with Gasteiger partial charge in [0.15, 0.2) is 23.2 Å². The number of imidazole rings is 1. The van der Waals surface area contributed by atoms with Crippen molar-refractivity contribution in [1.82, 2.24) is 19.5 Å². The highest BCUT2D eigenvalue weighted by molar-refractivity contribution is 5.83. The minimum absolute atomic E-state index is 0.155. The summed E-state index contributed by atoms with van der Waals surface area (Å²) >= 11 is 0. The van der Waals surface area contributed by atoms with Crippen molar-refractivity contribution in [1.29, 1.82) is 0 Å². The third-order valence-electron chi connectivity index (χ3n) is 4.14. The van der Waals surface area contributed by atoms with Gasteiger partial charge in [-0.05, 0) is 6.92 Å². The van der Waals surface area contributed by atoms with E-state index in [1.807, 2.05) is 0 Å². The van der Waals surface area contributed by atoms with Gasteiger partial charge in [-0.1, -0.05) is 0 Å². The quantitative estimate of drug-likeness (QED) is 0.290. The maximum absolute atomic E-state index is 10.6. The maximum Gasteiger partial charge on any atom is 0.174 e. The molecule has 11 heteroatoms. The first-order valence-corrected chi connectivity index (χ1v) is 7.39. The van der Waals surface area contributed by atoms with Crippen LogP contribution in [0.4, 0.5) is 5.82 Å². The summed E-state index contributed by atoms with van der Waals surface area (Å²) in [5.74, 6) is 6.14. The molecular weight excluding hydrogens is 320 g/mol. The molecule has 3 heterocycles.